The quantitative estimate of drug-likeness (QED) is 0.385. The van der Waals surface area contributed by atoms with Gasteiger partial charge >= 0.3 is 35.5 Å². The molecule has 1 aliphatic carbocycles. The predicted molar refractivity (Wildman–Crippen MR) is 123 cm³/mol. The summed E-state index contributed by atoms with van der Waals surface area (Å²) in [5, 5.41) is 28.9. The molecular weight excluding hydrogens is 423 g/mol. The Kier molecular flexibility index (Phi) is 11.5. The van der Waals surface area contributed by atoms with Crippen molar-refractivity contribution in [3.63, 3.8) is 0 Å². The third-order valence-corrected chi connectivity index (χ3v) is 6.61. The number of carbonyl (C=O) groups is 1. The number of methoxy groups -OCH3 is 1. The van der Waals surface area contributed by atoms with Crippen LogP contribution in [0.3, 0.4) is 0 Å². The van der Waals surface area contributed by atoms with E-state index in [0.717, 1.165) is 24.0 Å². The summed E-state index contributed by atoms with van der Waals surface area (Å²) in [4.78, 5) is 12.0. The van der Waals surface area contributed by atoms with Crippen molar-refractivity contribution >= 4 is 23.3 Å². The van der Waals surface area contributed by atoms with E-state index in [1.54, 1.807) is 24.9 Å². The molecule has 5 nitrogen and oxygen atoms in total. The predicted octanol–water partition coefficient (Wildman–Crippen LogP) is 1.56. The van der Waals surface area contributed by atoms with Crippen molar-refractivity contribution in [2.24, 2.45) is 5.41 Å². The summed E-state index contributed by atoms with van der Waals surface area (Å²) in [6, 6.07) is 6.49. The molecule has 3 N–H and O–H groups in total. The summed E-state index contributed by atoms with van der Waals surface area (Å²) >= 11 is 1.73. The first-order valence-corrected chi connectivity index (χ1v) is 11.5. The number of aliphatic hydroxyl groups is 2. The molecule has 0 saturated heterocycles. The molecule has 0 fully saturated rings. The normalized spacial score (nSPS) is 20.4. The Morgan fingerprint density at radius 2 is 2.06 bits per heavy atom. The van der Waals surface area contributed by atoms with Gasteiger partial charge in [0.25, 0.3) is 0 Å². The van der Waals surface area contributed by atoms with Crippen LogP contribution >= 0.6 is 11.8 Å². The third-order valence-electron chi connectivity index (χ3n) is 5.71. The van der Waals surface area contributed by atoms with E-state index in [2.05, 4.69) is 45.2 Å². The molecule has 1 aromatic carbocycles. The second-order valence-electron chi connectivity index (χ2n) is 8.64. The van der Waals surface area contributed by atoms with Crippen LogP contribution in [0.25, 0.3) is 5.57 Å². The summed E-state index contributed by atoms with van der Waals surface area (Å²) in [7, 11) is 1.74. The molecule has 3 atom stereocenters. The first kappa shape index (κ1) is 28.4. The van der Waals surface area contributed by atoms with Crippen molar-refractivity contribution in [1.82, 2.24) is 0 Å². The Balaban J connectivity index is 0.00000480. The van der Waals surface area contributed by atoms with Gasteiger partial charge in [-0.05, 0) is 59.8 Å². The molecule has 1 aliphatic rings. The number of aliphatic hydroxyl groups excluding tert-OH is 2. The molecule has 0 bridgehead atoms. The first-order valence-electron chi connectivity index (χ1n) is 10.2. The van der Waals surface area contributed by atoms with Crippen LogP contribution in [0.4, 0.5) is 0 Å². The van der Waals surface area contributed by atoms with Crippen LogP contribution in [0, 0.1) is 12.3 Å². The Labute approximate surface area is 213 Å². The Morgan fingerprint density at radius 1 is 1.39 bits per heavy atom. The van der Waals surface area contributed by atoms with Crippen molar-refractivity contribution in [2.45, 2.75) is 69.7 Å². The molecule has 1 aromatic rings. The largest absolute Gasteiger partial charge is 1.00 e. The number of allylic oxidation sites excluding steroid dienone is 2. The smallest absolute Gasteiger partial charge is 1.00 e. The van der Waals surface area contributed by atoms with Crippen molar-refractivity contribution < 1.29 is 55.8 Å². The molecule has 0 amide bonds. The van der Waals surface area contributed by atoms with Gasteiger partial charge in [0.2, 0.25) is 0 Å². The molecule has 3 unspecified atom stereocenters. The minimum atomic E-state index is -1.08. The molecule has 0 radical (unpaired) electrons. The monoisotopic (exact) mass is 458 g/mol. The zero-order valence-electron chi connectivity index (χ0n) is 20.5. The average molecular weight is 459 g/mol. The molecule has 7 heteroatoms. The van der Waals surface area contributed by atoms with Gasteiger partial charge in [0, 0.05) is 18.4 Å². The van der Waals surface area contributed by atoms with Crippen molar-refractivity contribution in [1.29, 1.82) is 0 Å². The molecule has 0 heterocycles. The average Bonchev–Trinajstić information content (AvgIpc) is 2.64. The van der Waals surface area contributed by atoms with Gasteiger partial charge in [-0.25, -0.2) is 0 Å². The molecule has 0 saturated carbocycles. The van der Waals surface area contributed by atoms with Crippen LogP contribution in [0.2, 0.25) is 0 Å². The van der Waals surface area contributed by atoms with Gasteiger partial charge in [-0.1, -0.05) is 38.1 Å². The number of carboxylic acids is 1. The molecule has 0 aromatic heterocycles. The maximum absolute atomic E-state index is 10.7. The third kappa shape index (κ3) is 8.04. The SMILES string of the molecule is COC1CC(c2ccc(SC)c(C)c2)=C(C=CC(O)CC(O)CC(=O)O)C(C)(C)C1.[H-].[Na+]. The van der Waals surface area contributed by atoms with E-state index in [1.807, 2.05) is 6.08 Å². The van der Waals surface area contributed by atoms with Crippen LogP contribution < -0.4 is 29.6 Å². The van der Waals surface area contributed by atoms with Crippen LogP contribution in [0.5, 0.6) is 0 Å². The number of aliphatic carboxylic acids is 1. The maximum Gasteiger partial charge on any atom is 1.00 e. The molecular formula is C24H35NaO5S. The number of thioether (sulfide) groups is 1. The second kappa shape index (κ2) is 12.6. The van der Waals surface area contributed by atoms with Gasteiger partial charge in [0.05, 0.1) is 24.7 Å². The van der Waals surface area contributed by atoms with Crippen molar-refractivity contribution in [2.75, 3.05) is 13.4 Å². The molecule has 0 spiro atoms. The van der Waals surface area contributed by atoms with E-state index in [0.29, 0.717) is 0 Å². The van der Waals surface area contributed by atoms with E-state index < -0.39 is 18.2 Å². The summed E-state index contributed by atoms with van der Waals surface area (Å²) < 4.78 is 5.72. The van der Waals surface area contributed by atoms with Gasteiger partial charge < -0.3 is 21.5 Å². The molecule has 2 rings (SSSR count). The molecule has 31 heavy (non-hydrogen) atoms. The first-order chi connectivity index (χ1) is 14.1. The van der Waals surface area contributed by atoms with Gasteiger partial charge in [-0.3, -0.25) is 4.79 Å². The minimum Gasteiger partial charge on any atom is -1.00 e. The number of hydrogen-bond donors (Lipinski definition) is 3. The molecule has 0 aliphatic heterocycles. The van der Waals surface area contributed by atoms with Crippen molar-refractivity contribution in [3.8, 4) is 0 Å². The second-order valence-corrected chi connectivity index (χ2v) is 9.49. The summed E-state index contributed by atoms with van der Waals surface area (Å²) in [6.45, 7) is 6.46. The van der Waals surface area contributed by atoms with Crippen molar-refractivity contribution in [3.05, 3.63) is 47.1 Å². The number of aryl methyl sites for hydroxylation is 1. The number of carboxylic acid groups (broad SMARTS) is 1. The van der Waals surface area contributed by atoms with Crippen LogP contribution in [-0.2, 0) is 9.53 Å². The van der Waals surface area contributed by atoms with Crippen LogP contribution in [0.15, 0.2) is 40.8 Å². The van der Waals surface area contributed by atoms with Gasteiger partial charge in [-0.15, -0.1) is 11.8 Å². The summed E-state index contributed by atoms with van der Waals surface area (Å²) in [5.74, 6) is -1.08. The Bertz CT molecular complexity index is 825. The number of hydrogen-bond acceptors (Lipinski definition) is 5. The van der Waals surface area contributed by atoms with E-state index in [9.17, 15) is 15.0 Å². The maximum atomic E-state index is 10.7. The summed E-state index contributed by atoms with van der Waals surface area (Å²) in [6.07, 6.45) is 5.08. The van der Waals surface area contributed by atoms with Crippen LogP contribution in [0.1, 0.15) is 52.1 Å². The summed E-state index contributed by atoms with van der Waals surface area (Å²) in [5.41, 5.74) is 4.56. The zero-order valence-corrected chi connectivity index (χ0v) is 22.3. The molecule has 168 valence electrons. The zero-order chi connectivity index (χ0) is 22.5. The van der Waals surface area contributed by atoms with Crippen LogP contribution in [-0.4, -0.2) is 53.0 Å². The van der Waals surface area contributed by atoms with E-state index in [-0.39, 0.29) is 55.3 Å². The Morgan fingerprint density at radius 3 is 2.61 bits per heavy atom. The number of rotatable bonds is 9. The Hall–Kier alpha value is -0.600. The van der Waals surface area contributed by atoms with Gasteiger partial charge in [0.1, 0.15) is 0 Å². The fraction of sp³-hybridized carbons (Fsp3) is 0.542. The number of ether oxygens (including phenoxy) is 1. The fourth-order valence-electron chi connectivity index (χ4n) is 4.18. The van der Waals surface area contributed by atoms with E-state index >= 15 is 0 Å². The van der Waals surface area contributed by atoms with Gasteiger partial charge in [0.15, 0.2) is 0 Å². The standard InChI is InChI=1S/C24H34O5S.Na.H/c1-15-10-16(6-9-22(15)30-5)20-13-19(29-4)14-24(2,3)21(20)8-7-17(25)11-18(26)12-23(27)28;;/h6-10,17-19,25-26H,11-14H2,1-5H3,(H,27,28);;/q;+1;-1. The number of benzene rings is 1. The van der Waals surface area contributed by atoms with E-state index in [4.69, 9.17) is 9.84 Å². The topological polar surface area (TPSA) is 87.0 Å². The fourth-order valence-corrected chi connectivity index (χ4v) is 4.76. The van der Waals surface area contributed by atoms with Gasteiger partial charge in [-0.2, -0.15) is 0 Å². The van der Waals surface area contributed by atoms with E-state index in [1.165, 1.54) is 16.0 Å². The minimum absolute atomic E-state index is 0.